The van der Waals surface area contributed by atoms with Gasteiger partial charge in [-0.25, -0.2) is 4.98 Å². The molecule has 0 radical (unpaired) electrons. The van der Waals surface area contributed by atoms with Crippen LogP contribution < -0.4 is 9.64 Å². The van der Waals surface area contributed by atoms with Crippen molar-refractivity contribution in [1.29, 1.82) is 0 Å². The minimum Gasteiger partial charge on any atom is -0.507 e. The number of Topliss-reactive ketones (excluding diaryl/α,β-unsaturated/α-hetero) is 1. The van der Waals surface area contributed by atoms with Crippen molar-refractivity contribution in [2.75, 3.05) is 12.0 Å². The largest absolute Gasteiger partial charge is 0.507 e. The maximum absolute atomic E-state index is 13.4. The molecule has 1 aliphatic heterocycles. The molecule has 0 spiro atoms. The number of hydrogen-bond donors (Lipinski definition) is 1. The molecular weight excluding hydrogens is 484 g/mol. The highest BCUT2D eigenvalue weighted by molar-refractivity contribution is 7.22. The Labute approximate surface area is 211 Å². The Kier molecular flexibility index (Phi) is 5.83. The smallest absolute Gasteiger partial charge is 0.301 e. The lowest BCUT2D eigenvalue weighted by atomic mass is 9.95. The Hall–Kier alpha value is -3.68. The number of methoxy groups -OCH3 is 1. The van der Waals surface area contributed by atoms with Gasteiger partial charge in [-0.3, -0.25) is 14.5 Å². The first kappa shape index (κ1) is 23.1. The number of carbonyl (C=O) groups is 2. The van der Waals surface area contributed by atoms with Crippen molar-refractivity contribution in [3.63, 3.8) is 0 Å². The second kappa shape index (κ2) is 8.83. The lowest BCUT2D eigenvalue weighted by Crippen LogP contribution is -2.29. The van der Waals surface area contributed by atoms with Crippen LogP contribution >= 0.6 is 22.9 Å². The Bertz CT molecular complexity index is 1520. The molecule has 0 aliphatic carbocycles. The fourth-order valence-electron chi connectivity index (χ4n) is 4.38. The molecule has 1 aromatic heterocycles. The van der Waals surface area contributed by atoms with E-state index in [1.165, 1.54) is 23.3 Å². The molecule has 1 N–H and O–H groups in total. The van der Waals surface area contributed by atoms with Gasteiger partial charge in [0.1, 0.15) is 11.5 Å². The summed E-state index contributed by atoms with van der Waals surface area (Å²) in [6.07, 6.45) is 0. The van der Waals surface area contributed by atoms with E-state index >= 15 is 0 Å². The number of benzene rings is 3. The van der Waals surface area contributed by atoms with Gasteiger partial charge in [-0.1, -0.05) is 53.3 Å². The van der Waals surface area contributed by atoms with Crippen molar-refractivity contribution in [2.45, 2.75) is 19.9 Å². The predicted octanol–water partition coefficient (Wildman–Crippen LogP) is 6.20. The van der Waals surface area contributed by atoms with E-state index in [4.69, 9.17) is 21.3 Å². The van der Waals surface area contributed by atoms with E-state index in [0.717, 1.165) is 21.3 Å². The number of amides is 1. The van der Waals surface area contributed by atoms with Crippen molar-refractivity contribution in [3.05, 3.63) is 93.5 Å². The highest BCUT2D eigenvalue weighted by Gasteiger charge is 2.48. The second-order valence-electron chi connectivity index (χ2n) is 8.38. The molecule has 1 aliphatic rings. The summed E-state index contributed by atoms with van der Waals surface area (Å²) >= 11 is 7.45. The van der Waals surface area contributed by atoms with Crippen LogP contribution in [0.2, 0.25) is 5.02 Å². The third kappa shape index (κ3) is 3.96. The Morgan fingerprint density at radius 3 is 2.54 bits per heavy atom. The highest BCUT2D eigenvalue weighted by Crippen LogP contribution is 2.45. The number of aliphatic hydroxyl groups is 1. The zero-order valence-corrected chi connectivity index (χ0v) is 20.8. The molecule has 1 fully saturated rings. The van der Waals surface area contributed by atoms with Crippen LogP contribution in [0.15, 0.2) is 66.2 Å². The lowest BCUT2D eigenvalue weighted by Gasteiger charge is -2.23. The number of aliphatic hydroxyl groups excluding tert-OH is 1. The van der Waals surface area contributed by atoms with Crippen LogP contribution in [0.5, 0.6) is 5.75 Å². The van der Waals surface area contributed by atoms with E-state index in [9.17, 15) is 14.7 Å². The molecule has 1 atom stereocenters. The van der Waals surface area contributed by atoms with Crippen molar-refractivity contribution in [2.24, 2.45) is 0 Å². The van der Waals surface area contributed by atoms with Gasteiger partial charge in [0.15, 0.2) is 5.13 Å². The van der Waals surface area contributed by atoms with Crippen molar-refractivity contribution in [1.82, 2.24) is 4.98 Å². The van der Waals surface area contributed by atoms with E-state index < -0.39 is 17.7 Å². The molecule has 5 rings (SSSR count). The van der Waals surface area contributed by atoms with Gasteiger partial charge in [-0.05, 0) is 60.9 Å². The standard InChI is InChI=1S/C27H21ClN2O4S/c1-14-11-15(2)22-20(12-14)35-27(29-22)30-23(16-7-9-18(28)10-8-16)21(25(32)26(30)33)24(31)17-5-4-6-19(13-17)34-3/h4-13,23,31H,1-3H3. The van der Waals surface area contributed by atoms with Gasteiger partial charge >= 0.3 is 5.91 Å². The number of aromatic nitrogens is 1. The van der Waals surface area contributed by atoms with Crippen molar-refractivity contribution < 1.29 is 19.4 Å². The highest BCUT2D eigenvalue weighted by atomic mass is 35.5. The average Bonchev–Trinajstić information content (AvgIpc) is 3.38. The number of hydrogen-bond acceptors (Lipinski definition) is 6. The van der Waals surface area contributed by atoms with Gasteiger partial charge in [0.2, 0.25) is 0 Å². The summed E-state index contributed by atoms with van der Waals surface area (Å²) in [6.45, 7) is 3.96. The van der Waals surface area contributed by atoms with E-state index in [0.29, 0.717) is 27.0 Å². The lowest BCUT2D eigenvalue weighted by molar-refractivity contribution is -0.132. The maximum atomic E-state index is 13.4. The van der Waals surface area contributed by atoms with Gasteiger partial charge < -0.3 is 9.84 Å². The molecule has 6 nitrogen and oxygen atoms in total. The monoisotopic (exact) mass is 504 g/mol. The quantitative estimate of drug-likeness (QED) is 0.203. The number of anilines is 1. The van der Waals surface area contributed by atoms with Crippen molar-refractivity contribution >= 4 is 55.7 Å². The molecule has 3 aromatic carbocycles. The molecule has 1 unspecified atom stereocenters. The van der Waals surface area contributed by atoms with Gasteiger partial charge in [-0.15, -0.1) is 0 Å². The first-order valence-corrected chi connectivity index (χ1v) is 12.1. The van der Waals surface area contributed by atoms with Crippen molar-refractivity contribution in [3.8, 4) is 5.75 Å². The number of rotatable bonds is 4. The first-order chi connectivity index (χ1) is 16.8. The van der Waals surface area contributed by atoms with Gasteiger partial charge in [0.05, 0.1) is 28.9 Å². The summed E-state index contributed by atoms with van der Waals surface area (Å²) < 4.78 is 6.18. The first-order valence-electron chi connectivity index (χ1n) is 10.9. The number of carbonyl (C=O) groups excluding carboxylic acids is 2. The molecule has 1 saturated heterocycles. The van der Waals surface area contributed by atoms with Crippen LogP contribution in [-0.2, 0) is 9.59 Å². The molecule has 2 heterocycles. The third-order valence-corrected chi connectivity index (χ3v) is 7.25. The number of ketones is 1. The third-order valence-electron chi connectivity index (χ3n) is 6.00. The van der Waals surface area contributed by atoms with E-state index in [1.807, 2.05) is 26.0 Å². The Morgan fingerprint density at radius 1 is 1.09 bits per heavy atom. The number of nitrogens with zero attached hydrogens (tertiary/aromatic N) is 2. The summed E-state index contributed by atoms with van der Waals surface area (Å²) in [6, 6.07) is 16.7. The minimum absolute atomic E-state index is 0.0160. The summed E-state index contributed by atoms with van der Waals surface area (Å²) in [7, 11) is 1.52. The Balaban J connectivity index is 1.74. The van der Waals surface area contributed by atoms with Crippen LogP contribution in [0.3, 0.4) is 0 Å². The van der Waals surface area contributed by atoms with Gasteiger partial charge in [-0.2, -0.15) is 0 Å². The van der Waals surface area contributed by atoms with Gasteiger partial charge in [0.25, 0.3) is 5.78 Å². The molecule has 35 heavy (non-hydrogen) atoms. The minimum atomic E-state index is -0.875. The zero-order chi connectivity index (χ0) is 24.9. The molecule has 4 aromatic rings. The fraction of sp³-hybridized carbons (Fsp3) is 0.148. The topological polar surface area (TPSA) is 79.7 Å². The number of fused-ring (bicyclic) bond motifs is 1. The molecule has 0 bridgehead atoms. The van der Waals surface area contributed by atoms with E-state index in [2.05, 4.69) is 0 Å². The normalized spacial score (nSPS) is 17.4. The van der Waals surface area contributed by atoms with E-state index in [1.54, 1.807) is 48.5 Å². The second-order valence-corrected chi connectivity index (χ2v) is 9.82. The number of ether oxygens (including phenoxy) is 1. The summed E-state index contributed by atoms with van der Waals surface area (Å²) in [5, 5.41) is 12.2. The summed E-state index contributed by atoms with van der Waals surface area (Å²) in [5.41, 5.74) is 3.83. The zero-order valence-electron chi connectivity index (χ0n) is 19.2. The van der Waals surface area contributed by atoms with Crippen LogP contribution in [-0.4, -0.2) is 28.9 Å². The fourth-order valence-corrected chi connectivity index (χ4v) is 5.67. The summed E-state index contributed by atoms with van der Waals surface area (Å²) in [4.78, 5) is 32.9. The molecule has 8 heteroatoms. The number of aryl methyl sites for hydroxylation is 2. The molecule has 176 valence electrons. The SMILES string of the molecule is COc1cccc(C(O)=C2C(=O)C(=O)N(c3nc4c(C)cc(C)cc4s3)C2c2ccc(Cl)cc2)c1. The number of halogens is 1. The Morgan fingerprint density at radius 2 is 1.83 bits per heavy atom. The average molecular weight is 505 g/mol. The van der Waals surface area contributed by atoms with Crippen LogP contribution in [0.4, 0.5) is 5.13 Å². The molecule has 0 saturated carbocycles. The van der Waals surface area contributed by atoms with E-state index in [-0.39, 0.29) is 11.3 Å². The maximum Gasteiger partial charge on any atom is 0.301 e. The molecule has 1 amide bonds. The van der Waals surface area contributed by atoms with Gasteiger partial charge in [0, 0.05) is 10.6 Å². The number of thiazole rings is 1. The van der Waals surface area contributed by atoms with Crippen LogP contribution in [0.25, 0.3) is 16.0 Å². The molecular formula is C27H21ClN2O4S. The van der Waals surface area contributed by atoms with Crippen LogP contribution in [0, 0.1) is 13.8 Å². The van der Waals surface area contributed by atoms with Crippen LogP contribution in [0.1, 0.15) is 28.3 Å². The predicted molar refractivity (Wildman–Crippen MR) is 138 cm³/mol. The summed E-state index contributed by atoms with van der Waals surface area (Å²) in [5.74, 6) is -1.29.